The molecule has 0 aliphatic carbocycles. The summed E-state index contributed by atoms with van der Waals surface area (Å²) in [5, 5.41) is 3.38. The first kappa shape index (κ1) is 14.9. The second-order valence-corrected chi connectivity index (χ2v) is 6.09. The number of piperazine rings is 1. The van der Waals surface area contributed by atoms with E-state index in [1.807, 2.05) is 34.9 Å². The van der Waals surface area contributed by atoms with Crippen LogP contribution in [0.15, 0.2) is 48.8 Å². The van der Waals surface area contributed by atoms with Crippen LogP contribution in [0.3, 0.4) is 0 Å². The maximum absolute atomic E-state index is 12.0. The van der Waals surface area contributed by atoms with E-state index in [2.05, 4.69) is 27.3 Å². The first-order chi connectivity index (χ1) is 11.7. The third-order valence-electron chi connectivity index (χ3n) is 4.54. The molecule has 1 N–H and O–H groups in total. The normalized spacial score (nSPS) is 15.0. The van der Waals surface area contributed by atoms with Gasteiger partial charge in [-0.25, -0.2) is 0 Å². The van der Waals surface area contributed by atoms with Crippen LogP contribution < -0.4 is 10.2 Å². The molecule has 0 unspecified atom stereocenters. The van der Waals surface area contributed by atoms with Gasteiger partial charge in [0.25, 0.3) is 0 Å². The molecule has 0 atom stereocenters. The largest absolute Gasteiger partial charge is 0.369 e. The molecule has 5 nitrogen and oxygen atoms in total. The predicted molar refractivity (Wildman–Crippen MR) is 95.7 cm³/mol. The number of hydrogen-bond acceptors (Lipinski definition) is 4. The van der Waals surface area contributed by atoms with Gasteiger partial charge in [-0.2, -0.15) is 0 Å². The second-order valence-electron chi connectivity index (χ2n) is 6.09. The minimum absolute atomic E-state index is 0.0575. The molecule has 0 aromatic carbocycles. The number of fused-ring (bicyclic) bond motifs is 1. The first-order valence-corrected chi connectivity index (χ1v) is 8.27. The van der Waals surface area contributed by atoms with Gasteiger partial charge < -0.3 is 14.6 Å². The fraction of sp³-hybridized carbons (Fsp3) is 0.263. The van der Waals surface area contributed by atoms with Crippen molar-refractivity contribution in [3.63, 3.8) is 0 Å². The first-order valence-electron chi connectivity index (χ1n) is 8.27. The van der Waals surface area contributed by atoms with Gasteiger partial charge in [-0.15, -0.1) is 0 Å². The smallest absolute Gasteiger partial charge is 0.176 e. The van der Waals surface area contributed by atoms with Gasteiger partial charge in [0.2, 0.25) is 0 Å². The highest BCUT2D eigenvalue weighted by Gasteiger charge is 2.17. The Hall–Kier alpha value is -2.66. The third-order valence-corrected chi connectivity index (χ3v) is 4.54. The van der Waals surface area contributed by atoms with E-state index in [4.69, 9.17) is 0 Å². The summed E-state index contributed by atoms with van der Waals surface area (Å²) in [7, 11) is 0. The predicted octanol–water partition coefficient (Wildman–Crippen LogP) is 2.61. The van der Waals surface area contributed by atoms with Gasteiger partial charge in [-0.1, -0.05) is 6.07 Å². The number of rotatable bonds is 3. The van der Waals surface area contributed by atoms with Crippen molar-refractivity contribution in [2.45, 2.75) is 6.92 Å². The van der Waals surface area contributed by atoms with Crippen LogP contribution in [0.4, 0.5) is 5.69 Å². The van der Waals surface area contributed by atoms with E-state index >= 15 is 0 Å². The average molecular weight is 320 g/mol. The summed E-state index contributed by atoms with van der Waals surface area (Å²) in [4.78, 5) is 18.9. The Morgan fingerprint density at radius 2 is 2.00 bits per heavy atom. The Morgan fingerprint density at radius 1 is 1.17 bits per heavy atom. The summed E-state index contributed by atoms with van der Waals surface area (Å²) in [5.41, 5.74) is 4.79. The Kier molecular flexibility index (Phi) is 3.78. The van der Waals surface area contributed by atoms with E-state index in [1.54, 1.807) is 13.1 Å². The lowest BCUT2D eigenvalue weighted by molar-refractivity contribution is 0.101. The molecule has 4 rings (SSSR count). The number of pyridine rings is 2. The topological polar surface area (TPSA) is 49.6 Å². The highest BCUT2D eigenvalue weighted by Crippen LogP contribution is 2.30. The van der Waals surface area contributed by atoms with Crippen LogP contribution in [-0.2, 0) is 0 Å². The number of nitrogens with one attached hydrogen (secondary N) is 1. The SMILES string of the molecule is CC(=O)c1cc(-c2ccccn2)c2cc(N3CCNCC3)ccn12. The lowest BCUT2D eigenvalue weighted by Crippen LogP contribution is -2.43. The monoisotopic (exact) mass is 320 g/mol. The van der Waals surface area contributed by atoms with Gasteiger partial charge in [0.1, 0.15) is 0 Å². The molecule has 0 radical (unpaired) electrons. The highest BCUT2D eigenvalue weighted by molar-refractivity contribution is 5.98. The minimum Gasteiger partial charge on any atom is -0.369 e. The van der Waals surface area contributed by atoms with Gasteiger partial charge in [-0.3, -0.25) is 9.78 Å². The highest BCUT2D eigenvalue weighted by atomic mass is 16.1. The number of ketones is 1. The lowest BCUT2D eigenvalue weighted by Gasteiger charge is -2.29. The minimum atomic E-state index is 0.0575. The van der Waals surface area contributed by atoms with Crippen LogP contribution in [0.2, 0.25) is 0 Å². The summed E-state index contributed by atoms with van der Waals surface area (Å²) in [6.07, 6.45) is 3.78. The second kappa shape index (κ2) is 6.09. The van der Waals surface area contributed by atoms with Crippen LogP contribution in [0, 0.1) is 0 Å². The van der Waals surface area contributed by atoms with Gasteiger partial charge in [0.15, 0.2) is 5.78 Å². The lowest BCUT2D eigenvalue weighted by atomic mass is 10.1. The van der Waals surface area contributed by atoms with E-state index in [1.165, 1.54) is 5.69 Å². The summed E-state index contributed by atoms with van der Waals surface area (Å²) >= 11 is 0. The van der Waals surface area contributed by atoms with Gasteiger partial charge >= 0.3 is 0 Å². The molecule has 0 bridgehead atoms. The molecular weight excluding hydrogens is 300 g/mol. The fourth-order valence-electron chi connectivity index (χ4n) is 3.30. The average Bonchev–Trinajstić information content (AvgIpc) is 3.02. The number of Topliss-reactive ketones (excluding diaryl/α,β-unsaturated/α-hetero) is 1. The van der Waals surface area contributed by atoms with Crippen molar-refractivity contribution in [2.75, 3.05) is 31.1 Å². The number of carbonyl (C=O) groups excluding carboxylic acids is 1. The van der Waals surface area contributed by atoms with Crippen molar-refractivity contribution in [1.82, 2.24) is 14.7 Å². The summed E-state index contributed by atoms with van der Waals surface area (Å²) in [5.74, 6) is 0.0575. The van der Waals surface area contributed by atoms with Crippen molar-refractivity contribution in [3.8, 4) is 11.3 Å². The van der Waals surface area contributed by atoms with Crippen molar-refractivity contribution >= 4 is 17.0 Å². The van der Waals surface area contributed by atoms with E-state index in [9.17, 15) is 4.79 Å². The zero-order valence-electron chi connectivity index (χ0n) is 13.7. The molecular formula is C19H20N4O. The van der Waals surface area contributed by atoms with Crippen LogP contribution in [0.5, 0.6) is 0 Å². The molecule has 24 heavy (non-hydrogen) atoms. The van der Waals surface area contributed by atoms with Crippen molar-refractivity contribution in [1.29, 1.82) is 0 Å². The number of carbonyl (C=O) groups is 1. The third kappa shape index (κ3) is 2.57. The Labute approximate surface area is 140 Å². The molecule has 0 saturated carbocycles. The van der Waals surface area contributed by atoms with E-state index in [-0.39, 0.29) is 5.78 Å². The number of nitrogens with zero attached hydrogens (tertiary/aromatic N) is 3. The van der Waals surface area contributed by atoms with Gasteiger partial charge in [-0.05, 0) is 30.3 Å². The van der Waals surface area contributed by atoms with Crippen LogP contribution in [-0.4, -0.2) is 41.3 Å². The Balaban J connectivity index is 1.88. The van der Waals surface area contributed by atoms with Crippen molar-refractivity contribution < 1.29 is 4.79 Å². The Morgan fingerprint density at radius 3 is 2.71 bits per heavy atom. The molecule has 0 spiro atoms. The summed E-state index contributed by atoms with van der Waals surface area (Å²) in [6.45, 7) is 5.59. The fourth-order valence-corrected chi connectivity index (χ4v) is 3.30. The van der Waals surface area contributed by atoms with Crippen LogP contribution in [0.1, 0.15) is 17.4 Å². The van der Waals surface area contributed by atoms with Crippen molar-refractivity contribution in [3.05, 3.63) is 54.5 Å². The molecule has 1 aliphatic rings. The maximum Gasteiger partial charge on any atom is 0.176 e. The van der Waals surface area contributed by atoms with E-state index in [0.717, 1.165) is 43.0 Å². The number of aromatic nitrogens is 2. The zero-order valence-corrected chi connectivity index (χ0v) is 13.7. The van der Waals surface area contributed by atoms with Crippen LogP contribution >= 0.6 is 0 Å². The maximum atomic E-state index is 12.0. The van der Waals surface area contributed by atoms with E-state index < -0.39 is 0 Å². The molecule has 1 aliphatic heterocycles. The standard InChI is InChI=1S/C19H20N4O/c1-14(24)18-13-16(17-4-2-3-6-21-17)19-12-15(5-9-23(18)19)22-10-7-20-8-11-22/h2-6,9,12-13,20H,7-8,10-11H2,1H3. The molecule has 4 heterocycles. The molecule has 3 aromatic rings. The zero-order chi connectivity index (χ0) is 16.5. The molecule has 0 amide bonds. The Bertz CT molecular complexity index is 879. The van der Waals surface area contributed by atoms with E-state index in [0.29, 0.717) is 5.69 Å². The van der Waals surface area contributed by atoms with Crippen LogP contribution in [0.25, 0.3) is 16.8 Å². The quantitative estimate of drug-likeness (QED) is 0.754. The molecule has 1 saturated heterocycles. The van der Waals surface area contributed by atoms with Crippen molar-refractivity contribution in [2.24, 2.45) is 0 Å². The molecule has 1 fully saturated rings. The van der Waals surface area contributed by atoms with Gasteiger partial charge in [0, 0.05) is 56.7 Å². The summed E-state index contributed by atoms with van der Waals surface area (Å²) in [6, 6.07) is 12.1. The molecule has 122 valence electrons. The summed E-state index contributed by atoms with van der Waals surface area (Å²) < 4.78 is 1.97. The molecule has 3 aromatic heterocycles. The van der Waals surface area contributed by atoms with Gasteiger partial charge in [0.05, 0.1) is 16.9 Å². The number of anilines is 1. The number of hydrogen-bond donors (Lipinski definition) is 1. The molecule has 5 heteroatoms.